The second kappa shape index (κ2) is 17.1. The Kier molecular flexibility index (Phi) is 12.4. The Hall–Kier alpha value is -4.54. The molecule has 11 nitrogen and oxygen atoms in total. The van der Waals surface area contributed by atoms with Crippen molar-refractivity contribution in [3.63, 3.8) is 0 Å². The fourth-order valence-corrected chi connectivity index (χ4v) is 10.0. The van der Waals surface area contributed by atoms with Crippen LogP contribution in [0.1, 0.15) is 130 Å². The highest BCUT2D eigenvalue weighted by Crippen LogP contribution is 2.52. The number of allylic oxidation sites excluding steroid dienone is 3. The molecule has 326 valence electrons. The maximum Gasteiger partial charge on any atom is 0.408 e. The lowest BCUT2D eigenvalue weighted by Crippen LogP contribution is -2.59. The minimum Gasteiger partial charge on any atom is -0.488 e. The largest absolute Gasteiger partial charge is 0.488 e. The third-order valence-electron chi connectivity index (χ3n) is 13.7. The molecular formula is C49H68N4O7. The van der Waals surface area contributed by atoms with Crippen molar-refractivity contribution in [2.45, 2.75) is 162 Å². The van der Waals surface area contributed by atoms with Crippen LogP contribution in [0.15, 0.2) is 42.1 Å². The molecule has 1 heterocycles. The highest BCUT2D eigenvalue weighted by atomic mass is 16.6. The van der Waals surface area contributed by atoms with Crippen LogP contribution in [0.2, 0.25) is 0 Å². The third-order valence-corrected chi connectivity index (χ3v) is 13.7. The Morgan fingerprint density at radius 1 is 0.983 bits per heavy atom. The van der Waals surface area contributed by atoms with Gasteiger partial charge in [-0.3, -0.25) is 9.59 Å². The van der Waals surface area contributed by atoms with Crippen LogP contribution in [0.4, 0.5) is 4.79 Å². The molecule has 2 aromatic carbocycles. The molecule has 60 heavy (non-hydrogen) atoms. The first kappa shape index (κ1) is 43.5. The number of carbonyl (C=O) groups excluding carboxylic acids is 3. The number of nitrogens with zero attached hydrogens (tertiary/aromatic N) is 1. The summed E-state index contributed by atoms with van der Waals surface area (Å²) in [5.41, 5.74) is 3.70. The minimum absolute atomic E-state index is 0.0759. The molecule has 0 bridgehead atoms. The van der Waals surface area contributed by atoms with Gasteiger partial charge in [-0.15, -0.1) is 0 Å². The molecule has 7 atom stereocenters. The van der Waals surface area contributed by atoms with E-state index in [1.807, 2.05) is 27.7 Å². The lowest BCUT2D eigenvalue weighted by molar-refractivity contribution is -0.146. The van der Waals surface area contributed by atoms with Gasteiger partial charge in [0.15, 0.2) is 0 Å². The number of fused-ring (bicyclic) bond motifs is 2. The molecule has 0 aromatic heterocycles. The summed E-state index contributed by atoms with van der Waals surface area (Å²) in [5.74, 6) is 0.322. The lowest BCUT2D eigenvalue weighted by atomic mass is 9.85. The van der Waals surface area contributed by atoms with Gasteiger partial charge in [-0.1, -0.05) is 72.6 Å². The van der Waals surface area contributed by atoms with E-state index >= 15 is 0 Å². The molecule has 0 spiro atoms. The van der Waals surface area contributed by atoms with Crippen molar-refractivity contribution >= 4 is 40.2 Å². The number of rotatable bonds is 16. The van der Waals surface area contributed by atoms with Gasteiger partial charge in [0, 0.05) is 30.0 Å². The van der Waals surface area contributed by atoms with E-state index in [4.69, 9.17) is 9.47 Å². The zero-order valence-corrected chi connectivity index (χ0v) is 37.3. The number of carboxylic acids is 1. The molecule has 0 radical (unpaired) electrons. The van der Waals surface area contributed by atoms with Crippen LogP contribution in [0.3, 0.4) is 0 Å². The molecule has 7 unspecified atom stereocenters. The molecule has 1 aliphatic heterocycles. The van der Waals surface area contributed by atoms with E-state index in [9.17, 15) is 24.3 Å². The summed E-state index contributed by atoms with van der Waals surface area (Å²) >= 11 is 0. The zero-order chi connectivity index (χ0) is 43.3. The van der Waals surface area contributed by atoms with E-state index in [-0.39, 0.29) is 25.0 Å². The van der Waals surface area contributed by atoms with Crippen molar-refractivity contribution < 1.29 is 33.8 Å². The quantitative estimate of drug-likeness (QED) is 0.132. The van der Waals surface area contributed by atoms with Gasteiger partial charge in [0.05, 0.1) is 6.54 Å². The van der Waals surface area contributed by atoms with E-state index in [0.717, 1.165) is 66.1 Å². The van der Waals surface area contributed by atoms with Crippen LogP contribution < -0.4 is 20.7 Å². The number of carbonyl (C=O) groups is 4. The van der Waals surface area contributed by atoms with Crippen LogP contribution >= 0.6 is 0 Å². The summed E-state index contributed by atoms with van der Waals surface area (Å²) < 4.78 is 12.8. The topological polar surface area (TPSA) is 146 Å². The number of ether oxygens (including phenoxy) is 2. The number of carboxylic acid groups (broad SMARTS) is 1. The SMILES string of the molecule is CCC1CC1(NC(=O)C1CC(Oc2cc(C3=CCC(NC(C)C)=C3)cc3c(C)c(CCCC(C)C)ccc23)CN1C(=O)C(NC(=O)OC1CC2CC2C1)C(C)(C)C)C(=O)O. The molecule has 11 heteroatoms. The van der Waals surface area contributed by atoms with Crippen molar-refractivity contribution in [3.8, 4) is 5.75 Å². The van der Waals surface area contributed by atoms with Crippen LogP contribution in [-0.4, -0.2) is 76.3 Å². The molecule has 1 saturated heterocycles. The molecule has 7 rings (SSSR count). The van der Waals surface area contributed by atoms with Gasteiger partial charge in [-0.25, -0.2) is 9.59 Å². The van der Waals surface area contributed by atoms with Crippen molar-refractivity contribution in [1.82, 2.24) is 20.9 Å². The maximum absolute atomic E-state index is 14.8. The van der Waals surface area contributed by atoms with Crippen molar-refractivity contribution in [1.29, 1.82) is 0 Å². The molecule has 2 aromatic rings. The Labute approximate surface area is 356 Å². The van der Waals surface area contributed by atoms with E-state index in [0.29, 0.717) is 42.4 Å². The number of hydrogen-bond acceptors (Lipinski definition) is 7. The van der Waals surface area contributed by atoms with Crippen LogP contribution in [0, 0.1) is 36.0 Å². The molecule has 3 saturated carbocycles. The molecule has 4 aliphatic carbocycles. The minimum atomic E-state index is -1.37. The van der Waals surface area contributed by atoms with Gasteiger partial charge < -0.3 is 35.4 Å². The Balaban J connectivity index is 1.20. The number of aliphatic carboxylic acids is 1. The van der Waals surface area contributed by atoms with E-state index in [1.54, 1.807) is 0 Å². The van der Waals surface area contributed by atoms with Crippen molar-refractivity contribution in [2.75, 3.05) is 6.54 Å². The standard InChI is InChI=1S/C49H68N4O7/c1-10-35-25-49(35,46(56)57)52-44(54)41-24-38(26-53(41)45(55)43(48(7,8)9)51-47(58)60-37-20-32-18-33(32)21-37)59-42-23-34(31-14-16-36(19-31)50-28(4)5)22-40-29(6)30(15-17-39(40)42)13-11-12-27(2)3/h14-15,17,19,22-23,27-28,32-33,35,37-38,41,43,50H,10-13,16,18,20-21,24-26H2,1-9H3,(H,51,58)(H,52,54)(H,56,57). The summed E-state index contributed by atoms with van der Waals surface area (Å²) in [5, 5.41) is 21.6. The van der Waals surface area contributed by atoms with Gasteiger partial charge >= 0.3 is 12.1 Å². The van der Waals surface area contributed by atoms with Gasteiger partial charge in [-0.2, -0.15) is 0 Å². The number of amides is 3. The highest BCUT2D eigenvalue weighted by Gasteiger charge is 2.61. The maximum atomic E-state index is 14.8. The first-order valence-electron chi connectivity index (χ1n) is 22.6. The van der Waals surface area contributed by atoms with Crippen LogP contribution in [-0.2, 0) is 25.5 Å². The fourth-order valence-electron chi connectivity index (χ4n) is 10.0. The number of nitrogens with one attached hydrogen (secondary N) is 3. The molecule has 4 N–H and O–H groups in total. The second-order valence-electron chi connectivity index (χ2n) is 20.3. The van der Waals surface area contributed by atoms with Crippen LogP contribution in [0.5, 0.6) is 5.75 Å². The third kappa shape index (κ3) is 9.35. The summed E-state index contributed by atoms with van der Waals surface area (Å²) in [6.45, 7) is 18.6. The molecular weight excluding hydrogens is 757 g/mol. The van der Waals surface area contributed by atoms with Gasteiger partial charge in [0.1, 0.15) is 35.6 Å². The highest BCUT2D eigenvalue weighted by molar-refractivity contribution is 5.97. The smallest absolute Gasteiger partial charge is 0.408 e. The normalized spacial score (nSPS) is 27.4. The number of likely N-dealkylation sites (tertiary alicyclic amines) is 1. The van der Waals surface area contributed by atoms with E-state index in [1.165, 1.54) is 22.4 Å². The van der Waals surface area contributed by atoms with Crippen molar-refractivity contribution in [2.24, 2.45) is 29.1 Å². The van der Waals surface area contributed by atoms with E-state index < -0.39 is 53.0 Å². The summed E-state index contributed by atoms with van der Waals surface area (Å²) in [6.07, 6.45) is 11.1. The molecule has 5 aliphatic rings. The summed E-state index contributed by atoms with van der Waals surface area (Å²) in [7, 11) is 0. The Bertz CT molecular complexity index is 2060. The number of benzene rings is 2. The Morgan fingerprint density at radius 2 is 1.72 bits per heavy atom. The number of alkyl carbamates (subject to hydrolysis) is 1. The zero-order valence-electron chi connectivity index (χ0n) is 37.3. The average Bonchev–Trinajstić information content (AvgIpc) is 3.84. The lowest BCUT2D eigenvalue weighted by Gasteiger charge is -2.35. The fraction of sp³-hybridized carbons (Fsp3) is 0.633. The first-order valence-corrected chi connectivity index (χ1v) is 22.6. The second-order valence-corrected chi connectivity index (χ2v) is 20.3. The predicted molar refractivity (Wildman–Crippen MR) is 234 cm³/mol. The summed E-state index contributed by atoms with van der Waals surface area (Å²) in [6, 6.07) is 6.93. The molecule has 3 amide bonds. The average molecular weight is 825 g/mol. The van der Waals surface area contributed by atoms with Crippen LogP contribution in [0.25, 0.3) is 16.3 Å². The van der Waals surface area contributed by atoms with Gasteiger partial charge in [0.2, 0.25) is 11.8 Å². The summed E-state index contributed by atoms with van der Waals surface area (Å²) in [4.78, 5) is 56.5. The van der Waals surface area contributed by atoms with E-state index in [2.05, 4.69) is 87.0 Å². The first-order chi connectivity index (χ1) is 28.4. The number of aryl methyl sites for hydroxylation is 2. The monoisotopic (exact) mass is 825 g/mol. The Morgan fingerprint density at radius 3 is 2.35 bits per heavy atom. The predicted octanol–water partition coefficient (Wildman–Crippen LogP) is 8.45. The molecule has 4 fully saturated rings. The van der Waals surface area contributed by atoms with Crippen molar-refractivity contribution in [3.05, 3.63) is 58.8 Å². The van der Waals surface area contributed by atoms with Gasteiger partial charge in [0.25, 0.3) is 0 Å². The number of hydrogen-bond donors (Lipinski definition) is 4. The van der Waals surface area contributed by atoms with Gasteiger partial charge in [-0.05, 0) is 134 Å².